The van der Waals surface area contributed by atoms with Crippen LogP contribution in [0, 0.1) is 11.6 Å². The molecule has 5 nitrogen and oxygen atoms in total. The van der Waals surface area contributed by atoms with E-state index in [1.807, 2.05) is 36.4 Å². The average molecular weight is 431 g/mol. The summed E-state index contributed by atoms with van der Waals surface area (Å²) in [4.78, 5) is 12.4. The Morgan fingerprint density at radius 2 is 1.63 bits per heavy atom. The van der Waals surface area contributed by atoms with Gasteiger partial charge in [0.1, 0.15) is 24.2 Å². The Morgan fingerprint density at radius 1 is 0.967 bits per heavy atom. The van der Waals surface area contributed by atoms with Gasteiger partial charge in [-0.05, 0) is 36.8 Å². The summed E-state index contributed by atoms with van der Waals surface area (Å²) in [6.07, 6.45) is 0. The van der Waals surface area contributed by atoms with Crippen molar-refractivity contribution in [3.63, 3.8) is 0 Å². The molecule has 3 aromatic rings. The molecule has 0 fully saturated rings. The number of esters is 1. The minimum Gasteiger partial charge on any atom is -0.460 e. The molecule has 0 radical (unpaired) electrons. The van der Waals surface area contributed by atoms with Crippen molar-refractivity contribution in [2.75, 3.05) is 0 Å². The molecule has 1 N–H and O–H groups in total. The number of carbonyl (C=O) groups is 1. The molecule has 0 aliphatic rings. The van der Waals surface area contributed by atoms with Gasteiger partial charge in [-0.2, -0.15) is 0 Å². The maximum atomic E-state index is 14.0. The van der Waals surface area contributed by atoms with E-state index in [1.54, 1.807) is 31.2 Å². The molecular weight excluding hydrogens is 411 g/mol. The Hall–Kier alpha value is -3.02. The molecule has 30 heavy (non-hydrogen) atoms. The number of hydrogen-bond acceptors (Lipinski definition) is 5. The third-order valence-electron chi connectivity index (χ3n) is 3.88. The zero-order valence-corrected chi connectivity index (χ0v) is 17.0. The number of ether oxygens (including phenoxy) is 1. The molecule has 0 bridgehead atoms. The quantitative estimate of drug-likeness (QED) is 0.365. The third kappa shape index (κ3) is 6.51. The van der Waals surface area contributed by atoms with Crippen molar-refractivity contribution in [3.8, 4) is 11.5 Å². The topological polar surface area (TPSA) is 56.8 Å². The van der Waals surface area contributed by atoms with Crippen molar-refractivity contribution in [3.05, 3.63) is 96.1 Å². The van der Waals surface area contributed by atoms with Gasteiger partial charge in [-0.3, -0.25) is 4.79 Å². The number of benzene rings is 3. The van der Waals surface area contributed by atoms with Crippen LogP contribution in [0.4, 0.5) is 8.78 Å². The van der Waals surface area contributed by atoms with Crippen LogP contribution >= 0.6 is 8.53 Å². The van der Waals surface area contributed by atoms with Gasteiger partial charge in [0.05, 0.1) is 0 Å². The lowest BCUT2D eigenvalue weighted by molar-refractivity contribution is -0.146. The molecule has 156 valence electrons. The van der Waals surface area contributed by atoms with Gasteiger partial charge in [0.15, 0.2) is 11.6 Å². The minimum absolute atomic E-state index is 0.122. The molecule has 0 aliphatic carbocycles. The lowest BCUT2D eigenvalue weighted by Gasteiger charge is -2.22. The second kappa shape index (κ2) is 10.7. The standard InChI is InChI=1S/C22H20F2NO4P/c1-16(22(26)27-15-17-8-4-2-5-9-17)25-30(28-19-10-6-3-7-11-19)29-21-13-12-18(23)14-20(21)24/h2-14,16,25H,15H2,1H3/t16-,30?/m0/s1. The average Bonchev–Trinajstić information content (AvgIpc) is 2.75. The number of nitrogens with one attached hydrogen (secondary N) is 1. The van der Waals surface area contributed by atoms with Crippen LogP contribution in [0.25, 0.3) is 0 Å². The van der Waals surface area contributed by atoms with E-state index in [1.165, 1.54) is 0 Å². The number of rotatable bonds is 9. The Labute approximate surface area is 174 Å². The first kappa shape index (κ1) is 21.7. The van der Waals surface area contributed by atoms with Crippen molar-refractivity contribution in [1.29, 1.82) is 0 Å². The first-order valence-corrected chi connectivity index (χ1v) is 10.3. The molecule has 0 spiro atoms. The number of hydrogen-bond donors (Lipinski definition) is 1. The highest BCUT2D eigenvalue weighted by Gasteiger charge is 2.25. The van der Waals surface area contributed by atoms with Gasteiger partial charge in [0.25, 0.3) is 0 Å². The molecule has 1 unspecified atom stereocenters. The number of carbonyl (C=O) groups excluding carboxylic acids is 1. The van der Waals surface area contributed by atoms with E-state index in [4.69, 9.17) is 13.8 Å². The zero-order chi connectivity index (χ0) is 21.3. The van der Waals surface area contributed by atoms with E-state index in [0.29, 0.717) is 11.8 Å². The molecule has 0 aliphatic heterocycles. The number of para-hydroxylation sites is 1. The molecule has 8 heteroatoms. The van der Waals surface area contributed by atoms with Gasteiger partial charge >= 0.3 is 14.5 Å². The monoisotopic (exact) mass is 431 g/mol. The van der Waals surface area contributed by atoms with E-state index in [9.17, 15) is 13.6 Å². The van der Waals surface area contributed by atoms with Crippen LogP contribution in [-0.2, 0) is 16.1 Å². The highest BCUT2D eigenvalue weighted by molar-refractivity contribution is 7.45. The van der Waals surface area contributed by atoms with Gasteiger partial charge in [0, 0.05) is 6.07 Å². The molecule has 0 amide bonds. The van der Waals surface area contributed by atoms with E-state index >= 15 is 0 Å². The summed E-state index contributed by atoms with van der Waals surface area (Å²) in [7, 11) is -1.99. The van der Waals surface area contributed by atoms with Crippen molar-refractivity contribution >= 4 is 14.5 Å². The predicted octanol–water partition coefficient (Wildman–Crippen LogP) is 5.37. The largest absolute Gasteiger partial charge is 0.460 e. The van der Waals surface area contributed by atoms with Crippen molar-refractivity contribution < 1.29 is 27.4 Å². The van der Waals surface area contributed by atoms with Crippen LogP contribution < -0.4 is 14.1 Å². The SMILES string of the molecule is C[C@H](NP(Oc1ccccc1)Oc1ccc(F)cc1F)C(=O)OCc1ccccc1. The maximum absolute atomic E-state index is 14.0. The molecule has 2 atom stereocenters. The summed E-state index contributed by atoms with van der Waals surface area (Å²) in [5, 5.41) is 2.88. The Kier molecular flexibility index (Phi) is 7.71. The van der Waals surface area contributed by atoms with Crippen LogP contribution in [0.3, 0.4) is 0 Å². The summed E-state index contributed by atoms with van der Waals surface area (Å²) >= 11 is 0. The maximum Gasteiger partial charge on any atom is 0.382 e. The van der Waals surface area contributed by atoms with Crippen molar-refractivity contribution in [2.45, 2.75) is 19.6 Å². The summed E-state index contributed by atoms with van der Waals surface area (Å²) in [5.74, 6) is -1.86. The van der Waals surface area contributed by atoms with Gasteiger partial charge in [0.2, 0.25) is 0 Å². The lowest BCUT2D eigenvalue weighted by atomic mass is 10.2. The van der Waals surface area contributed by atoms with Crippen molar-refractivity contribution in [2.24, 2.45) is 0 Å². The van der Waals surface area contributed by atoms with E-state index in [2.05, 4.69) is 5.09 Å². The fourth-order valence-electron chi connectivity index (χ4n) is 2.35. The summed E-state index contributed by atoms with van der Waals surface area (Å²) < 4.78 is 43.8. The first-order valence-electron chi connectivity index (χ1n) is 9.14. The zero-order valence-electron chi connectivity index (χ0n) is 16.1. The second-order valence-corrected chi connectivity index (χ2v) is 7.41. The fraction of sp³-hybridized carbons (Fsp3) is 0.136. The van der Waals surface area contributed by atoms with Gasteiger partial charge in [-0.15, -0.1) is 0 Å². The second-order valence-electron chi connectivity index (χ2n) is 6.27. The molecule has 0 heterocycles. The smallest absolute Gasteiger partial charge is 0.382 e. The fourth-order valence-corrected chi connectivity index (χ4v) is 3.56. The van der Waals surface area contributed by atoms with Crippen LogP contribution in [0.2, 0.25) is 0 Å². The molecule has 3 rings (SSSR count). The van der Waals surface area contributed by atoms with Gasteiger partial charge in [-0.25, -0.2) is 13.9 Å². The molecule has 0 aromatic heterocycles. The Morgan fingerprint density at radius 3 is 2.30 bits per heavy atom. The van der Waals surface area contributed by atoms with Crippen LogP contribution in [0.5, 0.6) is 11.5 Å². The Bertz CT molecular complexity index is 960. The first-order chi connectivity index (χ1) is 14.5. The normalized spacial score (nSPS) is 12.6. The molecule has 0 saturated heterocycles. The minimum atomic E-state index is -1.99. The molecule has 0 saturated carbocycles. The van der Waals surface area contributed by atoms with E-state index in [0.717, 1.165) is 17.7 Å². The van der Waals surface area contributed by atoms with Gasteiger partial charge < -0.3 is 13.8 Å². The van der Waals surface area contributed by atoms with Crippen LogP contribution in [0.1, 0.15) is 12.5 Å². The van der Waals surface area contributed by atoms with Crippen molar-refractivity contribution in [1.82, 2.24) is 5.09 Å². The summed E-state index contributed by atoms with van der Waals surface area (Å²) in [5.41, 5.74) is 0.852. The third-order valence-corrected chi connectivity index (χ3v) is 5.22. The summed E-state index contributed by atoms with van der Waals surface area (Å²) in [6.45, 7) is 1.71. The highest BCUT2D eigenvalue weighted by Crippen LogP contribution is 2.38. The summed E-state index contributed by atoms with van der Waals surface area (Å²) in [6, 6.07) is 20.1. The van der Waals surface area contributed by atoms with Gasteiger partial charge in [-0.1, -0.05) is 48.5 Å². The molecular formula is C22H20F2NO4P. The van der Waals surface area contributed by atoms with E-state index in [-0.39, 0.29) is 12.4 Å². The molecule has 3 aromatic carbocycles. The van der Waals surface area contributed by atoms with Crippen LogP contribution in [-0.4, -0.2) is 12.0 Å². The van der Waals surface area contributed by atoms with E-state index < -0.39 is 32.2 Å². The lowest BCUT2D eigenvalue weighted by Crippen LogP contribution is -2.34. The Balaban J connectivity index is 1.66. The predicted molar refractivity (Wildman–Crippen MR) is 110 cm³/mol. The highest BCUT2D eigenvalue weighted by atomic mass is 31.2. The number of halogens is 2. The van der Waals surface area contributed by atoms with Crippen LogP contribution in [0.15, 0.2) is 78.9 Å².